The topological polar surface area (TPSA) is 108 Å². The number of hydrogen-bond donors (Lipinski definition) is 2. The number of rotatable bonds is 7. The average molecular weight is 478 g/mol. The fourth-order valence-corrected chi connectivity index (χ4v) is 4.15. The van der Waals surface area contributed by atoms with Gasteiger partial charge in [-0.05, 0) is 48.0 Å². The highest BCUT2D eigenvalue weighted by molar-refractivity contribution is 7.92. The summed E-state index contributed by atoms with van der Waals surface area (Å²) in [6.45, 7) is -0.204. The highest BCUT2D eigenvalue weighted by Gasteiger charge is 2.26. The van der Waals surface area contributed by atoms with Gasteiger partial charge in [-0.1, -0.05) is 18.2 Å². The summed E-state index contributed by atoms with van der Waals surface area (Å²) in [5.74, 6) is -3.14. The van der Waals surface area contributed by atoms with E-state index in [1.165, 1.54) is 67.0 Å². The molecular weight excluding hydrogens is 461 g/mol. The first kappa shape index (κ1) is 23.7. The molecule has 0 saturated heterocycles. The zero-order valence-electron chi connectivity index (χ0n) is 16.8. The van der Waals surface area contributed by atoms with Gasteiger partial charge in [-0.2, -0.15) is 8.78 Å². The van der Waals surface area contributed by atoms with Crippen LogP contribution in [0.4, 0.5) is 18.9 Å². The molecule has 0 radical (unpaired) electrons. The molecule has 0 aliphatic heterocycles. The van der Waals surface area contributed by atoms with Crippen molar-refractivity contribution in [1.82, 2.24) is 15.8 Å². The third-order valence-electron chi connectivity index (χ3n) is 4.36. The Morgan fingerprint density at radius 3 is 2.33 bits per heavy atom. The first-order chi connectivity index (χ1) is 15.7. The van der Waals surface area contributed by atoms with Crippen LogP contribution in [0.5, 0.6) is 0 Å². The summed E-state index contributed by atoms with van der Waals surface area (Å²) in [5, 5.41) is 0. The molecule has 0 unspecified atom stereocenters. The Kier molecular flexibility index (Phi) is 7.28. The lowest BCUT2D eigenvalue weighted by atomic mass is 10.1. The van der Waals surface area contributed by atoms with E-state index in [9.17, 15) is 31.2 Å². The molecule has 2 amide bonds. The second kappa shape index (κ2) is 10.1. The van der Waals surface area contributed by atoms with Crippen molar-refractivity contribution in [3.8, 4) is 0 Å². The first-order valence-electron chi connectivity index (χ1n) is 9.34. The molecule has 0 atom stereocenters. The Hall–Kier alpha value is -3.93. The molecule has 1 heterocycles. The number of alkyl halides is 2. The van der Waals surface area contributed by atoms with Crippen LogP contribution in [0.3, 0.4) is 0 Å². The van der Waals surface area contributed by atoms with Gasteiger partial charge in [-0.15, -0.1) is 0 Å². The molecule has 0 aliphatic carbocycles. The van der Waals surface area contributed by atoms with E-state index in [2.05, 4.69) is 4.98 Å². The monoisotopic (exact) mass is 478 g/mol. The highest BCUT2D eigenvalue weighted by atomic mass is 32.2. The number of pyridine rings is 1. The van der Waals surface area contributed by atoms with Crippen molar-refractivity contribution in [3.05, 3.63) is 90.0 Å². The lowest BCUT2D eigenvalue weighted by molar-refractivity contribution is -0.132. The summed E-state index contributed by atoms with van der Waals surface area (Å²) in [6.07, 6.45) is -0.704. The molecule has 0 aliphatic rings. The minimum atomic E-state index is -4.12. The van der Waals surface area contributed by atoms with Gasteiger partial charge in [0.2, 0.25) is 0 Å². The van der Waals surface area contributed by atoms with Crippen molar-refractivity contribution in [3.63, 3.8) is 0 Å². The van der Waals surface area contributed by atoms with Gasteiger partial charge in [-0.3, -0.25) is 29.7 Å². The molecule has 0 fully saturated rings. The van der Waals surface area contributed by atoms with Crippen molar-refractivity contribution in [1.29, 1.82) is 0 Å². The SMILES string of the molecule is O=C(NNC(=O)C(F)F)c1ccc(CN(c2cccc(F)c2)S(=O)(=O)c2cccnc2)cc1. The number of sulfonamides is 1. The summed E-state index contributed by atoms with van der Waals surface area (Å²) in [4.78, 5) is 26.6. The van der Waals surface area contributed by atoms with Gasteiger partial charge in [0.15, 0.2) is 0 Å². The predicted molar refractivity (Wildman–Crippen MR) is 112 cm³/mol. The van der Waals surface area contributed by atoms with Gasteiger partial charge in [0.1, 0.15) is 10.7 Å². The van der Waals surface area contributed by atoms with Crippen molar-refractivity contribution in [2.75, 3.05) is 4.31 Å². The third-order valence-corrected chi connectivity index (χ3v) is 6.12. The maximum Gasteiger partial charge on any atom is 0.317 e. The second-order valence-electron chi connectivity index (χ2n) is 6.62. The van der Waals surface area contributed by atoms with E-state index in [4.69, 9.17) is 0 Å². The molecule has 2 N–H and O–H groups in total. The molecule has 0 spiro atoms. The Bertz CT molecular complexity index is 1240. The molecule has 3 rings (SSSR count). The standard InChI is InChI=1S/C21H17F3N4O4S/c22-16-3-1-4-17(11-16)28(33(31,32)18-5-2-10-25-12-18)13-14-6-8-15(9-7-14)20(29)26-27-21(30)19(23)24/h1-12,19H,13H2,(H,26,29)(H,27,30). The lowest BCUT2D eigenvalue weighted by Crippen LogP contribution is -2.44. The van der Waals surface area contributed by atoms with Crippen LogP contribution in [0.1, 0.15) is 15.9 Å². The van der Waals surface area contributed by atoms with Crippen molar-refractivity contribution >= 4 is 27.5 Å². The number of anilines is 1. The molecule has 0 saturated carbocycles. The normalized spacial score (nSPS) is 11.2. The number of aromatic nitrogens is 1. The molecule has 1 aromatic heterocycles. The summed E-state index contributed by atoms with van der Waals surface area (Å²) < 4.78 is 65.7. The van der Waals surface area contributed by atoms with Crippen LogP contribution in [0.15, 0.2) is 78.0 Å². The van der Waals surface area contributed by atoms with E-state index in [0.717, 1.165) is 10.4 Å². The van der Waals surface area contributed by atoms with Gasteiger partial charge < -0.3 is 0 Å². The number of hydrogen-bond acceptors (Lipinski definition) is 5. The minimum absolute atomic E-state index is 0.0285. The van der Waals surface area contributed by atoms with Crippen LogP contribution in [0.25, 0.3) is 0 Å². The van der Waals surface area contributed by atoms with Crippen LogP contribution < -0.4 is 15.2 Å². The number of hydrazine groups is 1. The maximum absolute atomic E-state index is 13.8. The maximum atomic E-state index is 13.8. The molecule has 12 heteroatoms. The smallest absolute Gasteiger partial charge is 0.267 e. The van der Waals surface area contributed by atoms with E-state index >= 15 is 0 Å². The molecule has 8 nitrogen and oxygen atoms in total. The fraction of sp³-hybridized carbons (Fsp3) is 0.0952. The van der Waals surface area contributed by atoms with Crippen molar-refractivity contribution in [2.24, 2.45) is 0 Å². The summed E-state index contributed by atoms with van der Waals surface area (Å²) >= 11 is 0. The van der Waals surface area contributed by atoms with E-state index < -0.39 is 34.1 Å². The first-order valence-corrected chi connectivity index (χ1v) is 10.8. The van der Waals surface area contributed by atoms with E-state index in [0.29, 0.717) is 5.56 Å². The van der Waals surface area contributed by atoms with Gasteiger partial charge in [-0.25, -0.2) is 12.8 Å². The van der Waals surface area contributed by atoms with Crippen LogP contribution in [-0.2, 0) is 21.4 Å². The Morgan fingerprint density at radius 2 is 1.73 bits per heavy atom. The number of carbonyl (C=O) groups excluding carboxylic acids is 2. The Balaban J connectivity index is 1.85. The van der Waals surface area contributed by atoms with E-state index in [1.807, 2.05) is 5.43 Å². The number of nitrogens with zero attached hydrogens (tertiary/aromatic N) is 2. The van der Waals surface area contributed by atoms with Crippen molar-refractivity contribution in [2.45, 2.75) is 17.9 Å². The summed E-state index contributed by atoms with van der Waals surface area (Å²) in [6, 6.07) is 13.4. The van der Waals surface area contributed by atoms with Crippen LogP contribution in [0.2, 0.25) is 0 Å². The Morgan fingerprint density at radius 1 is 1.00 bits per heavy atom. The lowest BCUT2D eigenvalue weighted by Gasteiger charge is -2.24. The van der Waals surface area contributed by atoms with Gasteiger partial charge in [0, 0.05) is 18.0 Å². The van der Waals surface area contributed by atoms with Gasteiger partial charge >= 0.3 is 12.3 Å². The number of halogens is 3. The van der Waals surface area contributed by atoms with Crippen molar-refractivity contribution < 1.29 is 31.2 Å². The van der Waals surface area contributed by atoms with Gasteiger partial charge in [0.05, 0.1) is 12.2 Å². The average Bonchev–Trinajstić information content (AvgIpc) is 2.81. The molecule has 172 valence electrons. The molecule has 2 aromatic carbocycles. The third kappa shape index (κ3) is 5.86. The summed E-state index contributed by atoms with van der Waals surface area (Å²) in [5.41, 5.74) is 3.97. The van der Waals surface area contributed by atoms with Gasteiger partial charge in [0.25, 0.3) is 15.9 Å². The molecule has 0 bridgehead atoms. The highest BCUT2D eigenvalue weighted by Crippen LogP contribution is 2.26. The largest absolute Gasteiger partial charge is 0.317 e. The zero-order chi connectivity index (χ0) is 24.0. The predicted octanol–water partition coefficient (Wildman–Crippen LogP) is 2.64. The van der Waals surface area contributed by atoms with Crippen LogP contribution >= 0.6 is 0 Å². The fourth-order valence-electron chi connectivity index (χ4n) is 2.75. The zero-order valence-corrected chi connectivity index (χ0v) is 17.6. The van der Waals surface area contributed by atoms with Crippen LogP contribution in [0, 0.1) is 5.82 Å². The second-order valence-corrected chi connectivity index (χ2v) is 8.48. The number of amides is 2. The Labute approximate surface area is 187 Å². The van der Waals surface area contributed by atoms with Crippen LogP contribution in [-0.4, -0.2) is 31.6 Å². The summed E-state index contributed by atoms with van der Waals surface area (Å²) in [7, 11) is -4.12. The quantitative estimate of drug-likeness (QED) is 0.508. The molecule has 3 aromatic rings. The molecular formula is C21H17F3N4O4S. The number of nitrogens with one attached hydrogen (secondary N) is 2. The number of benzene rings is 2. The van der Waals surface area contributed by atoms with E-state index in [1.54, 1.807) is 5.43 Å². The number of carbonyl (C=O) groups is 2. The van der Waals surface area contributed by atoms with E-state index in [-0.39, 0.29) is 22.7 Å². The molecule has 33 heavy (non-hydrogen) atoms. The minimum Gasteiger partial charge on any atom is -0.267 e.